The van der Waals surface area contributed by atoms with Crippen LogP contribution in [-0.4, -0.2) is 16.8 Å². The Bertz CT molecular complexity index is 98.2. The van der Waals surface area contributed by atoms with E-state index in [1.54, 1.807) is 5.59 Å². The first-order valence-electron chi connectivity index (χ1n) is 1.72. The Morgan fingerprint density at radius 3 is 2.25 bits per heavy atom. The zero-order valence-corrected chi connectivity index (χ0v) is 5.05. The minimum Gasteiger partial charge on any atom is -0.302 e. The minimum atomic E-state index is -4.36. The lowest BCUT2D eigenvalue weighted by molar-refractivity contribution is 0.101. The molecule has 0 rings (SSSR count). The molecular weight excluding hydrogens is 135 g/mol. The summed E-state index contributed by atoms with van der Waals surface area (Å²) in [6, 6.07) is 0. The summed E-state index contributed by atoms with van der Waals surface area (Å²) in [6.45, 7) is 0. The van der Waals surface area contributed by atoms with E-state index in [9.17, 15) is 4.57 Å². The molecule has 8 heavy (non-hydrogen) atoms. The monoisotopic (exact) mass is 142 g/mol. The topological polar surface area (TPSA) is 90.8 Å². The van der Waals surface area contributed by atoms with Crippen LogP contribution < -0.4 is 11.0 Å². The maximum atomic E-state index is 9.76. The van der Waals surface area contributed by atoms with Gasteiger partial charge in [-0.1, -0.05) is 0 Å². The lowest BCUT2D eigenvalue weighted by Crippen LogP contribution is -2.26. The fourth-order valence-electron chi connectivity index (χ4n) is 0.105. The summed E-state index contributed by atoms with van der Waals surface area (Å²) in [5.41, 5.74) is 3.93. The first-order valence-corrected chi connectivity index (χ1v) is 3.25. The third-order valence-corrected chi connectivity index (χ3v) is 0.596. The van der Waals surface area contributed by atoms with Gasteiger partial charge in [0, 0.05) is 7.05 Å². The van der Waals surface area contributed by atoms with E-state index in [2.05, 4.69) is 10.1 Å². The number of hydrogen-bond acceptors (Lipinski definition) is 4. The molecule has 6 nitrogen and oxygen atoms in total. The molecule has 0 aromatic carbocycles. The molecule has 0 aromatic rings. The molecule has 0 aliphatic heterocycles. The fourth-order valence-corrected chi connectivity index (χ4v) is 0.315. The number of hydrazine groups is 1. The molecule has 0 saturated carbocycles. The Kier molecular flexibility index (Phi) is 3.15. The zero-order valence-electron chi connectivity index (χ0n) is 4.16. The summed E-state index contributed by atoms with van der Waals surface area (Å²) in [6.07, 6.45) is 0. The zero-order chi connectivity index (χ0) is 6.62. The summed E-state index contributed by atoms with van der Waals surface area (Å²) in [7, 11) is -2.94. The molecule has 0 aliphatic carbocycles. The van der Waals surface area contributed by atoms with Crippen LogP contribution in [0.15, 0.2) is 0 Å². The van der Waals surface area contributed by atoms with E-state index in [-0.39, 0.29) is 0 Å². The fraction of sp³-hybridized carbons (Fsp3) is 1.00. The van der Waals surface area contributed by atoms with Crippen LogP contribution in [0.3, 0.4) is 0 Å². The molecule has 0 aromatic heterocycles. The lowest BCUT2D eigenvalue weighted by atomic mass is 11.5. The van der Waals surface area contributed by atoms with Gasteiger partial charge >= 0.3 is 7.82 Å². The van der Waals surface area contributed by atoms with Crippen molar-refractivity contribution in [2.75, 3.05) is 7.05 Å². The maximum absolute atomic E-state index is 9.76. The molecule has 0 atom stereocenters. The molecule has 0 aliphatic rings. The first-order chi connectivity index (χ1) is 3.56. The van der Waals surface area contributed by atoms with E-state index in [0.29, 0.717) is 0 Å². The van der Waals surface area contributed by atoms with E-state index in [1.807, 2.05) is 0 Å². The van der Waals surface area contributed by atoms with Crippen LogP contribution in [-0.2, 0) is 9.19 Å². The van der Waals surface area contributed by atoms with Gasteiger partial charge in [0.1, 0.15) is 0 Å². The van der Waals surface area contributed by atoms with Crippen molar-refractivity contribution in [2.24, 2.45) is 0 Å². The van der Waals surface area contributed by atoms with Gasteiger partial charge in [-0.2, -0.15) is 4.62 Å². The minimum absolute atomic E-state index is 1.41. The smallest absolute Gasteiger partial charge is 0.302 e. The van der Waals surface area contributed by atoms with Crippen LogP contribution in [0.5, 0.6) is 0 Å². The third kappa shape index (κ3) is 6.03. The van der Waals surface area contributed by atoms with Gasteiger partial charge in [0.2, 0.25) is 0 Å². The van der Waals surface area contributed by atoms with Crippen molar-refractivity contribution >= 4 is 7.82 Å². The summed E-state index contributed by atoms with van der Waals surface area (Å²) in [5, 5.41) is 0. The Morgan fingerprint density at radius 2 is 2.12 bits per heavy atom. The van der Waals surface area contributed by atoms with Crippen molar-refractivity contribution < 1.29 is 19.0 Å². The first kappa shape index (κ1) is 8.03. The molecule has 0 radical (unpaired) electrons. The van der Waals surface area contributed by atoms with Crippen LogP contribution in [0.4, 0.5) is 0 Å². The third-order valence-electron chi connectivity index (χ3n) is 0.267. The molecule has 50 valence electrons. The average Bonchev–Trinajstić information content (AvgIpc) is 1.59. The van der Waals surface area contributed by atoms with E-state index in [4.69, 9.17) is 9.79 Å². The highest BCUT2D eigenvalue weighted by Gasteiger charge is 2.12. The van der Waals surface area contributed by atoms with Gasteiger partial charge in [-0.05, 0) is 0 Å². The summed E-state index contributed by atoms with van der Waals surface area (Å²) in [4.78, 5) is 15.9. The standard InChI is InChI=1S/CH7N2O4P/c1-2-3-7-8(4,5)6/h2-3H,1H3,(H2,4,5,6). The average molecular weight is 142 g/mol. The van der Waals surface area contributed by atoms with E-state index in [1.165, 1.54) is 7.05 Å². The number of nitrogens with one attached hydrogen (secondary N) is 2. The van der Waals surface area contributed by atoms with Gasteiger partial charge in [0.25, 0.3) is 0 Å². The molecule has 0 heterocycles. The van der Waals surface area contributed by atoms with Crippen molar-refractivity contribution in [2.45, 2.75) is 0 Å². The van der Waals surface area contributed by atoms with Crippen molar-refractivity contribution in [3.05, 3.63) is 0 Å². The number of rotatable bonds is 3. The Morgan fingerprint density at radius 1 is 1.62 bits per heavy atom. The molecule has 0 unspecified atom stereocenters. The van der Waals surface area contributed by atoms with Gasteiger partial charge in [0.05, 0.1) is 0 Å². The van der Waals surface area contributed by atoms with E-state index < -0.39 is 7.82 Å². The normalized spacial score (nSPS) is 11.9. The van der Waals surface area contributed by atoms with Crippen LogP contribution in [0, 0.1) is 0 Å². The molecule has 0 fully saturated rings. The summed E-state index contributed by atoms with van der Waals surface area (Å²) >= 11 is 0. The van der Waals surface area contributed by atoms with Gasteiger partial charge < -0.3 is 9.79 Å². The Hall–Kier alpha value is 0.0300. The molecule has 7 heteroatoms. The highest BCUT2D eigenvalue weighted by molar-refractivity contribution is 7.46. The predicted octanol–water partition coefficient (Wildman–Crippen LogP) is -1.27. The molecule has 0 amide bonds. The molecule has 4 N–H and O–H groups in total. The molecule has 0 spiro atoms. The van der Waals surface area contributed by atoms with Crippen molar-refractivity contribution in [1.29, 1.82) is 0 Å². The molecule has 0 bridgehead atoms. The van der Waals surface area contributed by atoms with E-state index in [0.717, 1.165) is 0 Å². The summed E-state index contributed by atoms with van der Waals surface area (Å²) in [5.74, 6) is 0. The van der Waals surface area contributed by atoms with Crippen molar-refractivity contribution in [3.8, 4) is 0 Å². The van der Waals surface area contributed by atoms with Gasteiger partial charge in [0.15, 0.2) is 0 Å². The van der Waals surface area contributed by atoms with Crippen molar-refractivity contribution in [1.82, 2.24) is 11.0 Å². The van der Waals surface area contributed by atoms with Gasteiger partial charge in [-0.15, -0.1) is 5.59 Å². The van der Waals surface area contributed by atoms with Crippen LogP contribution in [0.1, 0.15) is 0 Å². The largest absolute Gasteiger partial charge is 0.487 e. The Balaban J connectivity index is 3.26. The van der Waals surface area contributed by atoms with E-state index >= 15 is 0 Å². The highest BCUT2D eigenvalue weighted by Crippen LogP contribution is 2.33. The SMILES string of the molecule is CNNOP(=O)(O)O. The maximum Gasteiger partial charge on any atom is 0.487 e. The van der Waals surface area contributed by atoms with Crippen LogP contribution >= 0.6 is 7.82 Å². The van der Waals surface area contributed by atoms with Crippen LogP contribution in [0.25, 0.3) is 0 Å². The second kappa shape index (κ2) is 3.13. The van der Waals surface area contributed by atoms with Gasteiger partial charge in [-0.25, -0.2) is 9.99 Å². The van der Waals surface area contributed by atoms with Gasteiger partial charge in [-0.3, -0.25) is 0 Å². The van der Waals surface area contributed by atoms with Crippen LogP contribution in [0.2, 0.25) is 0 Å². The summed E-state index contributed by atoms with van der Waals surface area (Å²) < 4.78 is 13.4. The molecular formula is CH7N2O4P. The predicted molar refractivity (Wildman–Crippen MR) is 25.3 cm³/mol. The number of hydrogen-bond donors (Lipinski definition) is 4. The lowest BCUT2D eigenvalue weighted by Gasteiger charge is -2.02. The Labute approximate surface area is 46.0 Å². The second-order valence-corrected chi connectivity index (χ2v) is 2.10. The highest BCUT2D eigenvalue weighted by atomic mass is 31.2. The second-order valence-electron chi connectivity index (χ2n) is 0.934. The van der Waals surface area contributed by atoms with Crippen molar-refractivity contribution in [3.63, 3.8) is 0 Å². The molecule has 0 saturated heterocycles. The number of phosphoric acid groups is 1. The quantitative estimate of drug-likeness (QED) is 0.290.